The third-order valence-electron chi connectivity index (χ3n) is 15.6. The number of fused-ring (bicyclic) bond motifs is 3. The summed E-state index contributed by atoms with van der Waals surface area (Å²) in [5, 5.41) is 27.0. The first-order chi connectivity index (χ1) is 26.4. The first-order valence-corrected chi connectivity index (χ1v) is 21.9. The number of benzene rings is 1. The average molecular weight is 757 g/mol. The molecule has 55 heavy (non-hydrogen) atoms. The maximum atomic E-state index is 14.1. The Morgan fingerprint density at radius 2 is 1.82 bits per heavy atom. The highest BCUT2D eigenvalue weighted by Gasteiger charge is 2.80. The molecule has 8 nitrogen and oxygen atoms in total. The zero-order valence-electron chi connectivity index (χ0n) is 34.1. The minimum absolute atomic E-state index is 0.184. The number of aliphatic hydroxyl groups is 2. The Morgan fingerprint density at radius 3 is 2.58 bits per heavy atom. The van der Waals surface area contributed by atoms with Gasteiger partial charge in [0, 0.05) is 36.3 Å². The van der Waals surface area contributed by atoms with Gasteiger partial charge in [-0.1, -0.05) is 102 Å². The minimum atomic E-state index is -1.46. The fraction of sp³-hybridized carbons (Fsp3) is 0.745. The second-order valence-corrected chi connectivity index (χ2v) is 19.2. The smallest absolute Gasteiger partial charge is 0.331 e. The number of nitrogens with one attached hydrogen (secondary N) is 2. The van der Waals surface area contributed by atoms with Crippen LogP contribution in [0.3, 0.4) is 0 Å². The summed E-state index contributed by atoms with van der Waals surface area (Å²) in [5.41, 5.74) is 4.74. The van der Waals surface area contributed by atoms with E-state index < -0.39 is 28.3 Å². The predicted octanol–water partition coefficient (Wildman–Crippen LogP) is 8.10. The van der Waals surface area contributed by atoms with Crippen LogP contribution >= 0.6 is 0 Å². The van der Waals surface area contributed by atoms with Crippen molar-refractivity contribution >= 4 is 11.9 Å². The van der Waals surface area contributed by atoms with E-state index in [1.807, 2.05) is 6.92 Å². The fourth-order valence-electron chi connectivity index (χ4n) is 13.1. The van der Waals surface area contributed by atoms with E-state index in [0.717, 1.165) is 56.9 Å². The highest BCUT2D eigenvalue weighted by atomic mass is 16.6. The van der Waals surface area contributed by atoms with Crippen molar-refractivity contribution in [2.24, 2.45) is 39.9 Å². The summed E-state index contributed by atoms with van der Waals surface area (Å²) in [6.45, 7) is 9.28. The second kappa shape index (κ2) is 16.3. The van der Waals surface area contributed by atoms with Crippen LogP contribution < -0.4 is 10.9 Å². The van der Waals surface area contributed by atoms with Crippen LogP contribution in [0, 0.1) is 51.8 Å². The van der Waals surface area contributed by atoms with Crippen LogP contribution in [-0.2, 0) is 25.5 Å². The van der Waals surface area contributed by atoms with Gasteiger partial charge in [0.1, 0.15) is 6.61 Å². The minimum Gasteiger partial charge on any atom is -0.458 e. The van der Waals surface area contributed by atoms with Gasteiger partial charge in [0.2, 0.25) is 0 Å². The molecule has 3 saturated carbocycles. The molecule has 0 radical (unpaired) electrons. The maximum absolute atomic E-state index is 14.1. The monoisotopic (exact) mass is 757 g/mol. The second-order valence-electron chi connectivity index (χ2n) is 19.2. The van der Waals surface area contributed by atoms with E-state index in [0.29, 0.717) is 50.4 Å². The van der Waals surface area contributed by atoms with Crippen LogP contribution in [0.4, 0.5) is 0 Å². The third-order valence-corrected chi connectivity index (χ3v) is 15.6. The standard InChI is InChI=1S/C47H68N2O6/c1-5-6-8-19-35-28-37-38(29-35)48-49-46-32-43(3,24-12-11-21-40(51)55-46)47(53,27-22-36-30-41(52)54-31-36)45(39(50)23-26-44(37,4)42(45)46)25-14-16-33(2)15-13-20-34-17-9-7-10-18-34/h7,9-10,17-18,30,33,35,37-39,42,48-50,53H,5-6,8,11,13-16,19-23,25-29,31-32H2,1-4H3. The lowest BCUT2D eigenvalue weighted by Gasteiger charge is -2.72. The Kier molecular flexibility index (Phi) is 12.0. The molecule has 11 atom stereocenters. The van der Waals surface area contributed by atoms with Crippen LogP contribution in [-0.4, -0.2) is 52.2 Å². The van der Waals surface area contributed by atoms with E-state index in [1.165, 1.54) is 31.2 Å². The molecule has 2 bridgehead atoms. The normalized spacial score (nSPS) is 39.8. The number of aryl methyl sites for hydroxylation is 1. The zero-order valence-corrected chi connectivity index (χ0v) is 34.1. The lowest BCUT2D eigenvalue weighted by atomic mass is 9.34. The van der Waals surface area contributed by atoms with Crippen molar-refractivity contribution in [3.05, 3.63) is 47.5 Å². The highest BCUT2D eigenvalue weighted by Crippen LogP contribution is 2.74. The molecule has 1 aromatic carbocycles. The third kappa shape index (κ3) is 7.46. The van der Waals surface area contributed by atoms with Gasteiger partial charge >= 0.3 is 11.9 Å². The molecule has 1 aromatic rings. The molecule has 1 spiro atoms. The number of esters is 2. The van der Waals surface area contributed by atoms with Gasteiger partial charge in [0.25, 0.3) is 0 Å². The van der Waals surface area contributed by atoms with Gasteiger partial charge in [0.15, 0.2) is 5.72 Å². The molecule has 0 amide bonds. The predicted molar refractivity (Wildman–Crippen MR) is 214 cm³/mol. The molecule has 302 valence electrons. The maximum Gasteiger partial charge on any atom is 0.331 e. The number of hydrogen-bond acceptors (Lipinski definition) is 8. The van der Waals surface area contributed by atoms with E-state index in [-0.39, 0.29) is 48.3 Å². The van der Waals surface area contributed by atoms with Crippen molar-refractivity contribution in [2.75, 3.05) is 6.61 Å². The summed E-state index contributed by atoms with van der Waals surface area (Å²) in [4.78, 5) is 26.1. The number of cyclic esters (lactones) is 1. The van der Waals surface area contributed by atoms with Crippen LogP contribution in [0.25, 0.3) is 0 Å². The number of carbonyl (C=O) groups excluding carboxylic acids is 2. The van der Waals surface area contributed by atoms with Gasteiger partial charge in [-0.05, 0) is 99.0 Å². The lowest BCUT2D eigenvalue weighted by Crippen LogP contribution is -2.81. The Balaban J connectivity index is 1.29. The van der Waals surface area contributed by atoms with Crippen molar-refractivity contribution in [1.82, 2.24) is 10.9 Å². The van der Waals surface area contributed by atoms with Crippen LogP contribution in [0.5, 0.6) is 0 Å². The van der Waals surface area contributed by atoms with Gasteiger partial charge in [-0.3, -0.25) is 10.2 Å². The van der Waals surface area contributed by atoms with Crippen molar-refractivity contribution in [3.63, 3.8) is 0 Å². The largest absolute Gasteiger partial charge is 0.458 e. The van der Waals surface area contributed by atoms with Crippen LogP contribution in [0.1, 0.15) is 149 Å². The SMILES string of the molecule is CCCCCC1CC2NNC34CC(C)(C#CCCC(=O)O3)C(O)(CCC3=CC(=O)OC3)C3(CCCC(C)CCCc5ccccc5)C(O)CCC(C)(C2C1)C43. The van der Waals surface area contributed by atoms with E-state index in [4.69, 9.17) is 9.47 Å². The summed E-state index contributed by atoms with van der Waals surface area (Å²) in [6.07, 6.45) is 16.5. The Morgan fingerprint density at radius 1 is 1.02 bits per heavy atom. The topological polar surface area (TPSA) is 117 Å². The summed E-state index contributed by atoms with van der Waals surface area (Å²) in [7, 11) is 0. The summed E-state index contributed by atoms with van der Waals surface area (Å²) in [5.74, 6) is 7.26. The number of ether oxygens (including phenoxy) is 2. The molecule has 4 N–H and O–H groups in total. The molecule has 3 aliphatic heterocycles. The molecule has 1 saturated heterocycles. The number of hydrazine groups is 1. The van der Waals surface area contributed by atoms with Crippen molar-refractivity contribution < 1.29 is 29.3 Å². The van der Waals surface area contributed by atoms with E-state index >= 15 is 0 Å². The molecular weight excluding hydrogens is 689 g/mol. The first-order valence-electron chi connectivity index (χ1n) is 21.9. The molecule has 7 rings (SSSR count). The van der Waals surface area contributed by atoms with E-state index in [2.05, 4.69) is 73.8 Å². The number of aliphatic hydroxyl groups excluding tert-OH is 1. The molecule has 6 aliphatic rings. The zero-order chi connectivity index (χ0) is 38.9. The summed E-state index contributed by atoms with van der Waals surface area (Å²) < 4.78 is 12.2. The number of rotatable bonds is 15. The van der Waals surface area contributed by atoms with Gasteiger partial charge in [-0.2, -0.15) is 0 Å². The number of hydrogen-bond donors (Lipinski definition) is 4. The Labute approximate surface area is 330 Å². The van der Waals surface area contributed by atoms with Crippen molar-refractivity contribution in [2.45, 2.75) is 173 Å². The average Bonchev–Trinajstić information content (AvgIpc) is 3.77. The molecule has 4 fully saturated rings. The van der Waals surface area contributed by atoms with Gasteiger partial charge in [-0.15, -0.1) is 5.92 Å². The summed E-state index contributed by atoms with van der Waals surface area (Å²) in [6, 6.07) is 10.9. The summed E-state index contributed by atoms with van der Waals surface area (Å²) >= 11 is 0. The molecule has 8 heteroatoms. The van der Waals surface area contributed by atoms with Crippen molar-refractivity contribution in [1.29, 1.82) is 0 Å². The quantitative estimate of drug-likeness (QED) is 0.0807. The lowest BCUT2D eigenvalue weighted by molar-refractivity contribution is -0.342. The van der Waals surface area contributed by atoms with E-state index in [1.54, 1.807) is 6.08 Å². The first kappa shape index (κ1) is 40.5. The fourth-order valence-corrected chi connectivity index (χ4v) is 13.1. The van der Waals surface area contributed by atoms with Gasteiger partial charge in [0.05, 0.1) is 23.5 Å². The Hall–Kier alpha value is -2.70. The molecule has 3 aliphatic carbocycles. The Bertz CT molecular complexity index is 1640. The van der Waals surface area contributed by atoms with Gasteiger partial charge < -0.3 is 19.7 Å². The molecule has 0 aromatic heterocycles. The highest BCUT2D eigenvalue weighted by molar-refractivity contribution is 5.85. The van der Waals surface area contributed by atoms with Gasteiger partial charge in [-0.25, -0.2) is 10.2 Å². The number of unbranched alkanes of at least 4 members (excludes halogenated alkanes) is 2. The molecule has 11 unspecified atom stereocenters. The van der Waals surface area contributed by atoms with Crippen LogP contribution in [0.2, 0.25) is 0 Å². The number of carbonyl (C=O) groups is 2. The van der Waals surface area contributed by atoms with E-state index in [9.17, 15) is 19.8 Å². The molecule has 3 heterocycles. The molecular formula is C47H68N2O6. The van der Waals surface area contributed by atoms with Crippen molar-refractivity contribution in [3.8, 4) is 11.8 Å². The van der Waals surface area contributed by atoms with Crippen LogP contribution in [0.15, 0.2) is 42.0 Å².